The molecule has 0 bridgehead atoms. The number of aliphatic imine (C=N–C) groups is 1. The van der Waals surface area contributed by atoms with Gasteiger partial charge < -0.3 is 25.7 Å². The predicted octanol–water partition coefficient (Wildman–Crippen LogP) is 3.73. The quantitative estimate of drug-likeness (QED) is 0.550. The van der Waals surface area contributed by atoms with Crippen LogP contribution in [0.15, 0.2) is 66.1 Å². The molecule has 3 aromatic rings. The summed E-state index contributed by atoms with van der Waals surface area (Å²) in [4.78, 5) is 24.4. The molecule has 1 aliphatic heterocycles. The summed E-state index contributed by atoms with van der Waals surface area (Å²) in [5.41, 5.74) is 15.9. The van der Waals surface area contributed by atoms with E-state index >= 15 is 0 Å². The molecule has 0 spiro atoms. The van der Waals surface area contributed by atoms with Gasteiger partial charge >= 0.3 is 0 Å². The van der Waals surface area contributed by atoms with Crippen molar-refractivity contribution in [3.05, 3.63) is 72.2 Å². The highest BCUT2D eigenvalue weighted by Gasteiger charge is 2.27. The van der Waals surface area contributed by atoms with Crippen LogP contribution in [0.25, 0.3) is 28.0 Å². The molecular formula is C27H32N6O2. The molecule has 1 fully saturated rings. The summed E-state index contributed by atoms with van der Waals surface area (Å²) >= 11 is 0. The normalized spacial score (nSPS) is 15.2. The van der Waals surface area contributed by atoms with Crippen LogP contribution in [0.3, 0.4) is 0 Å². The van der Waals surface area contributed by atoms with Crippen LogP contribution in [-0.2, 0) is 10.3 Å². The Hall–Kier alpha value is -3.91. The number of amides is 1. The zero-order chi connectivity index (χ0) is 25.2. The molecule has 2 aromatic carbocycles. The summed E-state index contributed by atoms with van der Waals surface area (Å²) in [6, 6.07) is 13.6. The molecule has 0 aliphatic carbocycles. The second-order valence-electron chi connectivity index (χ2n) is 9.47. The summed E-state index contributed by atoms with van der Waals surface area (Å²) < 4.78 is 7.61. The van der Waals surface area contributed by atoms with Crippen LogP contribution in [0.1, 0.15) is 36.7 Å². The van der Waals surface area contributed by atoms with Gasteiger partial charge in [-0.15, -0.1) is 0 Å². The van der Waals surface area contributed by atoms with Gasteiger partial charge in [0, 0.05) is 42.2 Å². The lowest BCUT2D eigenvalue weighted by Gasteiger charge is -2.28. The summed E-state index contributed by atoms with van der Waals surface area (Å²) in [6.07, 6.45) is 3.06. The van der Waals surface area contributed by atoms with Crippen molar-refractivity contribution in [3.8, 4) is 11.4 Å². The molecule has 1 saturated heterocycles. The maximum Gasteiger partial charge on any atom is 0.254 e. The van der Waals surface area contributed by atoms with E-state index in [0.717, 1.165) is 28.0 Å². The lowest BCUT2D eigenvalue weighted by atomic mass is 10.0. The number of benzene rings is 2. The van der Waals surface area contributed by atoms with E-state index in [1.807, 2.05) is 47.4 Å². The highest BCUT2D eigenvalue weighted by Crippen LogP contribution is 2.34. The van der Waals surface area contributed by atoms with Gasteiger partial charge in [0.2, 0.25) is 0 Å². The third kappa shape index (κ3) is 4.97. The molecule has 182 valence electrons. The molecule has 8 heteroatoms. The summed E-state index contributed by atoms with van der Waals surface area (Å²) in [5, 5.41) is 0. The lowest BCUT2D eigenvalue weighted by molar-refractivity contribution is 0.0303. The van der Waals surface area contributed by atoms with Crippen LogP contribution in [-0.4, -0.2) is 52.9 Å². The number of morpholine rings is 1. The molecule has 0 atom stereocenters. The summed E-state index contributed by atoms with van der Waals surface area (Å²) in [6.45, 7) is 12.2. The second-order valence-corrected chi connectivity index (χ2v) is 9.47. The fraction of sp³-hybridized carbons (Fsp3) is 0.296. The number of hydrogen-bond donors (Lipinski definition) is 2. The van der Waals surface area contributed by atoms with E-state index < -0.39 is 0 Å². The van der Waals surface area contributed by atoms with Crippen molar-refractivity contribution in [2.45, 2.75) is 26.3 Å². The largest absolute Gasteiger partial charge is 0.404 e. The van der Waals surface area contributed by atoms with Gasteiger partial charge in [0.15, 0.2) is 0 Å². The third-order valence-electron chi connectivity index (χ3n) is 5.90. The Labute approximate surface area is 205 Å². The molecule has 0 radical (unpaired) electrons. The van der Waals surface area contributed by atoms with Crippen molar-refractivity contribution in [1.29, 1.82) is 0 Å². The molecule has 1 aromatic heterocycles. The van der Waals surface area contributed by atoms with Gasteiger partial charge in [0.1, 0.15) is 11.6 Å². The van der Waals surface area contributed by atoms with Crippen molar-refractivity contribution >= 4 is 28.7 Å². The standard InChI is InChI=1S/C27H32N6O2/c1-18(29)30-17-20(16-28)19-9-10-24-23(15-19)31-25(33(24)27(2,3)4)21-7-5-6-8-22(21)26(34)32-11-13-35-14-12-32/h5-10,15-17H,1,11-14,28-29H2,2-4H3/b20-16+,30-17?. The first-order chi connectivity index (χ1) is 16.7. The van der Waals surface area contributed by atoms with Gasteiger partial charge in [0.05, 0.1) is 29.8 Å². The number of hydrogen-bond acceptors (Lipinski definition) is 6. The number of aromatic nitrogens is 2. The van der Waals surface area contributed by atoms with Crippen LogP contribution in [0.4, 0.5) is 0 Å². The first-order valence-electron chi connectivity index (χ1n) is 11.6. The molecule has 8 nitrogen and oxygen atoms in total. The van der Waals surface area contributed by atoms with E-state index in [1.54, 1.807) is 6.21 Å². The third-order valence-corrected chi connectivity index (χ3v) is 5.90. The predicted molar refractivity (Wildman–Crippen MR) is 141 cm³/mol. The molecule has 4 rings (SSSR count). The molecular weight excluding hydrogens is 440 g/mol. The molecule has 35 heavy (non-hydrogen) atoms. The number of rotatable bonds is 5. The fourth-order valence-electron chi connectivity index (χ4n) is 4.29. The van der Waals surface area contributed by atoms with Gasteiger partial charge in [-0.25, -0.2) is 9.98 Å². The molecule has 0 unspecified atom stereocenters. The smallest absolute Gasteiger partial charge is 0.254 e. The molecule has 1 aliphatic rings. The Morgan fingerprint density at radius 2 is 1.89 bits per heavy atom. The van der Waals surface area contributed by atoms with Crippen LogP contribution in [0.2, 0.25) is 0 Å². The van der Waals surface area contributed by atoms with Crippen molar-refractivity contribution < 1.29 is 9.53 Å². The number of allylic oxidation sites excluding steroid dienone is 1. The number of imidazole rings is 1. The maximum atomic E-state index is 13.5. The van der Waals surface area contributed by atoms with Crippen molar-refractivity contribution in [2.75, 3.05) is 26.3 Å². The number of nitrogens with zero attached hydrogens (tertiary/aromatic N) is 4. The molecule has 0 saturated carbocycles. The Bertz CT molecular complexity index is 1320. The minimum Gasteiger partial charge on any atom is -0.404 e. The molecule has 1 amide bonds. The second kappa shape index (κ2) is 9.76. The van der Waals surface area contributed by atoms with Crippen LogP contribution >= 0.6 is 0 Å². The highest BCUT2D eigenvalue weighted by atomic mass is 16.5. The number of carbonyl (C=O) groups excluding carboxylic acids is 1. The van der Waals surface area contributed by atoms with Crippen molar-refractivity contribution in [1.82, 2.24) is 14.5 Å². The van der Waals surface area contributed by atoms with E-state index in [4.69, 9.17) is 21.2 Å². The minimum absolute atomic E-state index is 0.0105. The lowest BCUT2D eigenvalue weighted by Crippen LogP contribution is -2.41. The summed E-state index contributed by atoms with van der Waals surface area (Å²) in [5.74, 6) is 0.930. The van der Waals surface area contributed by atoms with E-state index in [-0.39, 0.29) is 17.3 Å². The monoisotopic (exact) mass is 472 g/mol. The zero-order valence-electron chi connectivity index (χ0n) is 20.5. The number of carbonyl (C=O) groups is 1. The Morgan fingerprint density at radius 3 is 2.54 bits per heavy atom. The average molecular weight is 473 g/mol. The average Bonchev–Trinajstić information content (AvgIpc) is 3.24. The van der Waals surface area contributed by atoms with Gasteiger partial charge in [-0.1, -0.05) is 30.8 Å². The van der Waals surface area contributed by atoms with Crippen LogP contribution < -0.4 is 11.5 Å². The highest BCUT2D eigenvalue weighted by molar-refractivity contribution is 6.11. The SMILES string of the molecule is C=C(N)N=C/C(=C\N)c1ccc2c(c1)nc(-c1ccccc1C(=O)N1CCOCC1)n2C(C)(C)C. The first-order valence-corrected chi connectivity index (χ1v) is 11.6. The van der Waals surface area contributed by atoms with E-state index in [0.29, 0.717) is 37.4 Å². The number of nitrogens with two attached hydrogens (primary N) is 2. The Kier molecular flexibility index (Phi) is 6.75. The van der Waals surface area contributed by atoms with E-state index in [1.165, 1.54) is 6.20 Å². The number of ether oxygens (including phenoxy) is 1. The topological polar surface area (TPSA) is 112 Å². The Morgan fingerprint density at radius 1 is 1.17 bits per heavy atom. The van der Waals surface area contributed by atoms with Crippen molar-refractivity contribution in [3.63, 3.8) is 0 Å². The Balaban J connectivity index is 1.87. The van der Waals surface area contributed by atoms with Gasteiger partial charge in [-0.2, -0.15) is 0 Å². The van der Waals surface area contributed by atoms with Crippen LogP contribution in [0, 0.1) is 0 Å². The fourth-order valence-corrected chi connectivity index (χ4v) is 4.29. The first kappa shape index (κ1) is 24.2. The molecule has 4 N–H and O–H groups in total. The van der Waals surface area contributed by atoms with Crippen LogP contribution in [0.5, 0.6) is 0 Å². The molecule has 2 heterocycles. The number of fused-ring (bicyclic) bond motifs is 1. The van der Waals surface area contributed by atoms with E-state index in [2.05, 4.69) is 36.9 Å². The van der Waals surface area contributed by atoms with E-state index in [9.17, 15) is 4.79 Å². The van der Waals surface area contributed by atoms with Gasteiger partial charge in [0.25, 0.3) is 5.91 Å². The van der Waals surface area contributed by atoms with Gasteiger partial charge in [-0.3, -0.25) is 4.79 Å². The zero-order valence-corrected chi connectivity index (χ0v) is 20.5. The maximum absolute atomic E-state index is 13.5. The van der Waals surface area contributed by atoms with Crippen molar-refractivity contribution in [2.24, 2.45) is 16.5 Å². The van der Waals surface area contributed by atoms with Gasteiger partial charge in [-0.05, 0) is 44.5 Å². The minimum atomic E-state index is -0.286. The summed E-state index contributed by atoms with van der Waals surface area (Å²) in [7, 11) is 0.